The Morgan fingerprint density at radius 1 is 1.15 bits per heavy atom. The predicted molar refractivity (Wildman–Crippen MR) is 103 cm³/mol. The van der Waals surface area contributed by atoms with Crippen LogP contribution < -0.4 is 0 Å². The van der Waals surface area contributed by atoms with E-state index in [9.17, 15) is 9.90 Å². The van der Waals surface area contributed by atoms with Crippen molar-refractivity contribution in [3.8, 4) is 0 Å². The smallest absolute Gasteiger partial charge is 0.332 e. The van der Waals surface area contributed by atoms with Crippen molar-refractivity contribution in [1.82, 2.24) is 4.90 Å². The minimum absolute atomic E-state index is 0.255. The summed E-state index contributed by atoms with van der Waals surface area (Å²) in [5, 5.41) is 10.9. The topological polar surface area (TPSA) is 59.0 Å². The van der Waals surface area contributed by atoms with Gasteiger partial charge in [-0.05, 0) is 29.2 Å². The van der Waals surface area contributed by atoms with Gasteiger partial charge in [-0.1, -0.05) is 37.3 Å². The molecule has 1 aliphatic carbocycles. The highest BCUT2D eigenvalue weighted by molar-refractivity contribution is 5.99. The second-order valence-electron chi connectivity index (χ2n) is 7.16. The van der Waals surface area contributed by atoms with Crippen LogP contribution in [0.4, 0.5) is 0 Å². The highest BCUT2D eigenvalue weighted by atomic mass is 16.5. The van der Waals surface area contributed by atoms with E-state index < -0.39 is 6.10 Å². The van der Waals surface area contributed by atoms with E-state index in [1.54, 1.807) is 6.08 Å². The monoisotopic (exact) mass is 367 g/mol. The van der Waals surface area contributed by atoms with Crippen LogP contribution in [-0.2, 0) is 14.3 Å². The first-order valence-electron chi connectivity index (χ1n) is 9.59. The van der Waals surface area contributed by atoms with Gasteiger partial charge in [0.25, 0.3) is 0 Å². The molecule has 0 spiro atoms. The molecule has 142 valence electrons. The van der Waals surface area contributed by atoms with Crippen LogP contribution >= 0.6 is 0 Å². The van der Waals surface area contributed by atoms with Gasteiger partial charge in [0.05, 0.1) is 19.1 Å². The molecule has 2 heterocycles. The lowest BCUT2D eigenvalue weighted by Gasteiger charge is -2.39. The Morgan fingerprint density at radius 3 is 2.59 bits per heavy atom. The fourth-order valence-corrected chi connectivity index (χ4v) is 4.07. The molecule has 2 atom stereocenters. The van der Waals surface area contributed by atoms with Crippen LogP contribution in [0.15, 0.2) is 59.4 Å². The van der Waals surface area contributed by atoms with Gasteiger partial charge in [0.2, 0.25) is 0 Å². The molecule has 5 nitrogen and oxygen atoms in total. The number of carbonyl (C=O) groups excluding carboxylic acids is 1. The number of ether oxygens (including phenoxy) is 2. The summed E-state index contributed by atoms with van der Waals surface area (Å²) in [5.74, 6) is -0.259. The molecule has 2 aliphatic heterocycles. The summed E-state index contributed by atoms with van der Waals surface area (Å²) in [5.41, 5.74) is 3.78. The lowest BCUT2D eigenvalue weighted by atomic mass is 9.78. The first-order valence-corrected chi connectivity index (χ1v) is 9.59. The Bertz CT molecular complexity index is 803. The maximum Gasteiger partial charge on any atom is 0.332 e. The average Bonchev–Trinajstić information content (AvgIpc) is 2.71. The third-order valence-electron chi connectivity index (χ3n) is 5.52. The van der Waals surface area contributed by atoms with E-state index in [1.165, 1.54) is 0 Å². The standard InChI is InChI=1S/C22H25NO4/c1-2-15-12-18-17(16-6-4-3-5-7-16)13-20(24)27-22(18)19(21(15)25)14-23-8-10-26-11-9-23/h3-7,12-13,19,22,25H,2,8-11,14H2,1H3. The molecule has 5 heteroatoms. The number of morpholine rings is 1. The molecule has 0 bridgehead atoms. The lowest BCUT2D eigenvalue weighted by Crippen LogP contribution is -2.45. The SMILES string of the molecule is CCC1=C(O)C(CN2CCOCC2)C2OC(=O)C=C(c3ccccc3)C2=C1. The molecule has 1 saturated heterocycles. The van der Waals surface area contributed by atoms with Gasteiger partial charge in [-0.15, -0.1) is 0 Å². The maximum atomic E-state index is 12.3. The molecular weight excluding hydrogens is 342 g/mol. The number of hydrogen-bond acceptors (Lipinski definition) is 5. The van der Waals surface area contributed by atoms with E-state index in [1.807, 2.05) is 43.3 Å². The number of rotatable bonds is 4. The fourth-order valence-electron chi connectivity index (χ4n) is 4.07. The Morgan fingerprint density at radius 2 is 1.89 bits per heavy atom. The van der Waals surface area contributed by atoms with Crippen LogP contribution in [0.3, 0.4) is 0 Å². The molecule has 0 amide bonds. The van der Waals surface area contributed by atoms with Crippen LogP contribution in [0.25, 0.3) is 5.57 Å². The van der Waals surface area contributed by atoms with Gasteiger partial charge in [0.1, 0.15) is 11.9 Å². The van der Waals surface area contributed by atoms with Crippen molar-refractivity contribution in [1.29, 1.82) is 0 Å². The summed E-state index contributed by atoms with van der Waals surface area (Å²) in [6.07, 6.45) is 3.84. The molecule has 1 N–H and O–H groups in total. The van der Waals surface area contributed by atoms with Crippen LogP contribution in [0.1, 0.15) is 18.9 Å². The zero-order valence-corrected chi connectivity index (χ0v) is 15.6. The van der Waals surface area contributed by atoms with Crippen molar-refractivity contribution in [2.45, 2.75) is 19.4 Å². The first-order chi connectivity index (χ1) is 13.2. The number of nitrogens with zero attached hydrogens (tertiary/aromatic N) is 1. The van der Waals surface area contributed by atoms with E-state index in [0.29, 0.717) is 25.5 Å². The molecule has 27 heavy (non-hydrogen) atoms. The molecule has 1 aromatic rings. The Kier molecular flexibility index (Phi) is 5.14. The number of hydrogen-bond donors (Lipinski definition) is 1. The normalized spacial score (nSPS) is 26.2. The van der Waals surface area contributed by atoms with Gasteiger partial charge in [-0.25, -0.2) is 4.79 Å². The summed E-state index contributed by atoms with van der Waals surface area (Å²) in [7, 11) is 0. The van der Waals surface area contributed by atoms with Gasteiger partial charge in [0, 0.05) is 31.3 Å². The number of benzene rings is 1. The second kappa shape index (κ2) is 7.71. The average molecular weight is 367 g/mol. The van der Waals surface area contributed by atoms with Gasteiger partial charge in [0.15, 0.2) is 0 Å². The van der Waals surface area contributed by atoms with Crippen LogP contribution in [0.5, 0.6) is 0 Å². The second-order valence-corrected chi connectivity index (χ2v) is 7.16. The van der Waals surface area contributed by atoms with Crippen molar-refractivity contribution < 1.29 is 19.4 Å². The molecule has 1 fully saturated rings. The summed E-state index contributed by atoms with van der Waals surface area (Å²) < 4.78 is 11.2. The summed E-state index contributed by atoms with van der Waals surface area (Å²) in [4.78, 5) is 14.6. The Balaban J connectivity index is 1.72. The molecule has 1 aromatic carbocycles. The highest BCUT2D eigenvalue weighted by Crippen LogP contribution is 2.41. The van der Waals surface area contributed by atoms with E-state index >= 15 is 0 Å². The van der Waals surface area contributed by atoms with Gasteiger partial charge >= 0.3 is 5.97 Å². The van der Waals surface area contributed by atoms with E-state index in [4.69, 9.17) is 9.47 Å². The number of aliphatic hydroxyl groups excluding tert-OH is 1. The number of carbonyl (C=O) groups is 1. The van der Waals surface area contributed by atoms with Crippen LogP contribution in [0, 0.1) is 5.92 Å². The molecular formula is C22H25NO4. The molecule has 0 radical (unpaired) electrons. The lowest BCUT2D eigenvalue weighted by molar-refractivity contribution is -0.144. The van der Waals surface area contributed by atoms with Gasteiger partial charge in [-0.3, -0.25) is 4.90 Å². The van der Waals surface area contributed by atoms with Crippen LogP contribution in [0.2, 0.25) is 0 Å². The first kappa shape index (κ1) is 18.0. The fraction of sp³-hybridized carbons (Fsp3) is 0.409. The summed E-state index contributed by atoms with van der Waals surface area (Å²) >= 11 is 0. The van der Waals surface area contributed by atoms with Crippen molar-refractivity contribution in [2.75, 3.05) is 32.8 Å². The predicted octanol–water partition coefficient (Wildman–Crippen LogP) is 3.11. The Labute approximate surface area is 159 Å². The Hall–Kier alpha value is -2.37. The number of aliphatic hydroxyl groups is 1. The maximum absolute atomic E-state index is 12.3. The zero-order valence-electron chi connectivity index (χ0n) is 15.6. The number of fused-ring (bicyclic) bond motifs is 1. The minimum atomic E-state index is -0.462. The number of allylic oxidation sites excluding steroid dienone is 2. The van der Waals surface area contributed by atoms with Gasteiger partial charge < -0.3 is 14.6 Å². The highest BCUT2D eigenvalue weighted by Gasteiger charge is 2.40. The quantitative estimate of drug-likeness (QED) is 0.829. The van der Waals surface area contributed by atoms with E-state index in [-0.39, 0.29) is 11.9 Å². The van der Waals surface area contributed by atoms with Crippen LogP contribution in [-0.4, -0.2) is 54.9 Å². The molecule has 0 saturated carbocycles. The summed E-state index contributed by atoms with van der Waals surface area (Å²) in [6, 6.07) is 9.90. The van der Waals surface area contributed by atoms with Crippen molar-refractivity contribution >= 4 is 11.5 Å². The molecule has 2 unspecified atom stereocenters. The third kappa shape index (κ3) is 3.57. The zero-order chi connectivity index (χ0) is 18.8. The number of esters is 1. The van der Waals surface area contributed by atoms with Gasteiger partial charge in [-0.2, -0.15) is 0 Å². The summed E-state index contributed by atoms with van der Waals surface area (Å²) in [6.45, 7) is 5.73. The van der Waals surface area contributed by atoms with Crippen molar-refractivity contribution in [3.05, 3.63) is 65.0 Å². The van der Waals surface area contributed by atoms with Crippen molar-refractivity contribution in [2.24, 2.45) is 5.92 Å². The van der Waals surface area contributed by atoms with E-state index in [0.717, 1.165) is 41.8 Å². The largest absolute Gasteiger partial charge is 0.512 e. The third-order valence-corrected chi connectivity index (χ3v) is 5.52. The van der Waals surface area contributed by atoms with Crippen molar-refractivity contribution in [3.63, 3.8) is 0 Å². The molecule has 0 aromatic heterocycles. The van der Waals surface area contributed by atoms with E-state index in [2.05, 4.69) is 4.90 Å². The minimum Gasteiger partial charge on any atom is -0.512 e. The molecule has 4 rings (SSSR count). The molecule has 3 aliphatic rings.